The maximum atomic E-state index is 12.5. The van der Waals surface area contributed by atoms with Crippen LogP contribution in [0.4, 0.5) is 5.95 Å². The highest BCUT2D eigenvalue weighted by molar-refractivity contribution is 5.69. The lowest BCUT2D eigenvalue weighted by molar-refractivity contribution is 0.610. The van der Waals surface area contributed by atoms with E-state index in [4.69, 9.17) is 0 Å². The number of unbranched alkanes of at least 4 members (excludes halogenated alkanes) is 2. The molecule has 0 aromatic carbocycles. The molecule has 0 saturated carbocycles. The highest BCUT2D eigenvalue weighted by Gasteiger charge is 2.11. The molecule has 0 bridgehead atoms. The number of rotatable bonds is 7. The molecule has 2 aromatic rings. The minimum atomic E-state index is -0.115. The first-order valence-electron chi connectivity index (χ1n) is 7.23. The van der Waals surface area contributed by atoms with Crippen molar-refractivity contribution in [3.8, 4) is 0 Å². The molecule has 0 atom stereocenters. The molecule has 0 saturated heterocycles. The van der Waals surface area contributed by atoms with Gasteiger partial charge in [-0.1, -0.05) is 26.7 Å². The van der Waals surface area contributed by atoms with Crippen molar-refractivity contribution in [2.45, 2.75) is 46.1 Å². The highest BCUT2D eigenvalue weighted by Crippen LogP contribution is 2.08. The monoisotopic (exact) mass is 275 g/mol. The maximum absolute atomic E-state index is 12.5. The number of fused-ring (bicyclic) bond motifs is 1. The molecule has 0 fully saturated rings. The fourth-order valence-electron chi connectivity index (χ4n) is 1.98. The van der Waals surface area contributed by atoms with Gasteiger partial charge >= 0.3 is 0 Å². The summed E-state index contributed by atoms with van der Waals surface area (Å²) < 4.78 is 1.68. The van der Waals surface area contributed by atoms with Crippen molar-refractivity contribution in [3.63, 3.8) is 0 Å². The molecule has 0 aliphatic heterocycles. The second-order valence-electron chi connectivity index (χ2n) is 4.75. The lowest BCUT2D eigenvalue weighted by Gasteiger charge is -2.13. The molecule has 108 valence electrons. The Morgan fingerprint density at radius 1 is 1.15 bits per heavy atom. The van der Waals surface area contributed by atoms with E-state index in [9.17, 15) is 4.79 Å². The van der Waals surface area contributed by atoms with Gasteiger partial charge in [0.2, 0.25) is 5.95 Å². The van der Waals surface area contributed by atoms with Crippen molar-refractivity contribution in [1.29, 1.82) is 0 Å². The SMILES string of the molecule is CCCCNc1nc2nccnc2c(=O)n1CCCC. The van der Waals surface area contributed by atoms with E-state index in [2.05, 4.69) is 34.1 Å². The quantitative estimate of drug-likeness (QED) is 0.784. The Labute approximate surface area is 118 Å². The summed E-state index contributed by atoms with van der Waals surface area (Å²) in [6.45, 7) is 5.69. The van der Waals surface area contributed by atoms with Crippen LogP contribution in [0.3, 0.4) is 0 Å². The Balaban J connectivity index is 2.43. The van der Waals surface area contributed by atoms with Gasteiger partial charge in [-0.25, -0.2) is 9.97 Å². The summed E-state index contributed by atoms with van der Waals surface area (Å²) >= 11 is 0. The molecular formula is C14H21N5O. The summed E-state index contributed by atoms with van der Waals surface area (Å²) in [7, 11) is 0. The van der Waals surface area contributed by atoms with Crippen molar-refractivity contribution in [2.24, 2.45) is 0 Å². The van der Waals surface area contributed by atoms with E-state index in [0.717, 1.165) is 32.2 Å². The molecule has 6 nitrogen and oxygen atoms in total. The van der Waals surface area contributed by atoms with Crippen molar-refractivity contribution in [2.75, 3.05) is 11.9 Å². The van der Waals surface area contributed by atoms with Gasteiger partial charge in [0.05, 0.1) is 0 Å². The Kier molecular flexibility index (Phi) is 5.03. The molecule has 1 N–H and O–H groups in total. The van der Waals surface area contributed by atoms with Gasteiger partial charge in [0, 0.05) is 25.5 Å². The first-order valence-corrected chi connectivity index (χ1v) is 7.23. The van der Waals surface area contributed by atoms with Crippen LogP contribution in [0.15, 0.2) is 17.2 Å². The number of hydrogen-bond donors (Lipinski definition) is 1. The number of nitrogens with zero attached hydrogens (tertiary/aromatic N) is 4. The van der Waals surface area contributed by atoms with E-state index in [1.807, 2.05) is 0 Å². The van der Waals surface area contributed by atoms with Gasteiger partial charge in [-0.2, -0.15) is 4.98 Å². The first kappa shape index (κ1) is 14.4. The van der Waals surface area contributed by atoms with Crippen LogP contribution in [0.2, 0.25) is 0 Å². The number of nitrogens with one attached hydrogen (secondary N) is 1. The second-order valence-corrected chi connectivity index (χ2v) is 4.75. The van der Waals surface area contributed by atoms with Crippen molar-refractivity contribution in [1.82, 2.24) is 19.5 Å². The van der Waals surface area contributed by atoms with Crippen LogP contribution in [-0.4, -0.2) is 26.1 Å². The van der Waals surface area contributed by atoms with Gasteiger partial charge in [0.1, 0.15) is 0 Å². The minimum Gasteiger partial charge on any atom is -0.356 e. The molecule has 0 unspecified atom stereocenters. The number of anilines is 1. The summed E-state index contributed by atoms with van der Waals surface area (Å²) in [5.41, 5.74) is 0.629. The van der Waals surface area contributed by atoms with Gasteiger partial charge in [0.15, 0.2) is 11.2 Å². The van der Waals surface area contributed by atoms with E-state index in [1.54, 1.807) is 10.8 Å². The lowest BCUT2D eigenvalue weighted by atomic mass is 10.3. The predicted octanol–water partition coefficient (Wildman–Crippen LogP) is 2.20. The summed E-state index contributed by atoms with van der Waals surface area (Å²) in [5, 5.41) is 3.24. The van der Waals surface area contributed by atoms with Crippen molar-refractivity contribution in [3.05, 3.63) is 22.7 Å². The van der Waals surface area contributed by atoms with Gasteiger partial charge in [0.25, 0.3) is 5.56 Å². The highest BCUT2D eigenvalue weighted by atomic mass is 16.1. The zero-order valence-electron chi connectivity index (χ0n) is 12.1. The molecule has 0 amide bonds. The molecule has 6 heteroatoms. The number of hydrogen-bond acceptors (Lipinski definition) is 5. The standard InChI is InChI=1S/C14H21N5O/c1-3-5-7-17-14-18-12-11(15-8-9-16-12)13(20)19(14)10-6-4-2/h8-9H,3-7,10H2,1-2H3,(H,16,17,18). The Bertz CT molecular complexity index is 622. The van der Waals surface area contributed by atoms with E-state index in [1.165, 1.54) is 6.20 Å². The van der Waals surface area contributed by atoms with E-state index >= 15 is 0 Å². The Hall–Kier alpha value is -1.98. The second kappa shape index (κ2) is 6.98. The van der Waals surface area contributed by atoms with Crippen LogP contribution in [0.25, 0.3) is 11.2 Å². The average molecular weight is 275 g/mol. The summed E-state index contributed by atoms with van der Waals surface area (Å²) in [5.74, 6) is 0.602. The van der Waals surface area contributed by atoms with Crippen molar-refractivity contribution < 1.29 is 0 Å². The largest absolute Gasteiger partial charge is 0.356 e. The Morgan fingerprint density at radius 3 is 2.65 bits per heavy atom. The van der Waals surface area contributed by atoms with E-state index < -0.39 is 0 Å². The third kappa shape index (κ3) is 3.12. The van der Waals surface area contributed by atoms with Gasteiger partial charge in [-0.3, -0.25) is 9.36 Å². The zero-order valence-corrected chi connectivity index (χ0v) is 12.1. The lowest BCUT2D eigenvalue weighted by Crippen LogP contribution is -2.26. The van der Waals surface area contributed by atoms with Crippen LogP contribution in [0, 0.1) is 0 Å². The van der Waals surface area contributed by atoms with Crippen LogP contribution in [-0.2, 0) is 6.54 Å². The molecule has 2 aromatic heterocycles. The molecule has 2 heterocycles. The zero-order chi connectivity index (χ0) is 14.4. The first-order chi connectivity index (χ1) is 9.77. The van der Waals surface area contributed by atoms with Gasteiger partial charge in [-0.15, -0.1) is 0 Å². The van der Waals surface area contributed by atoms with Crippen molar-refractivity contribution >= 4 is 17.1 Å². The topological polar surface area (TPSA) is 72.7 Å². The normalized spacial score (nSPS) is 10.9. The smallest absolute Gasteiger partial charge is 0.283 e. The van der Waals surface area contributed by atoms with E-state index in [0.29, 0.717) is 23.7 Å². The third-order valence-corrected chi connectivity index (χ3v) is 3.14. The van der Waals surface area contributed by atoms with Crippen LogP contribution in [0.1, 0.15) is 39.5 Å². The van der Waals surface area contributed by atoms with Crippen LogP contribution >= 0.6 is 0 Å². The van der Waals surface area contributed by atoms with Crippen LogP contribution < -0.4 is 10.9 Å². The fourth-order valence-corrected chi connectivity index (χ4v) is 1.98. The number of aromatic nitrogens is 4. The van der Waals surface area contributed by atoms with Gasteiger partial charge in [-0.05, 0) is 12.8 Å². The van der Waals surface area contributed by atoms with Crippen LogP contribution in [0.5, 0.6) is 0 Å². The predicted molar refractivity (Wildman–Crippen MR) is 79.9 cm³/mol. The molecule has 0 aliphatic rings. The minimum absolute atomic E-state index is 0.115. The van der Waals surface area contributed by atoms with Gasteiger partial charge < -0.3 is 5.32 Å². The summed E-state index contributed by atoms with van der Waals surface area (Å²) in [6.07, 6.45) is 7.19. The summed E-state index contributed by atoms with van der Waals surface area (Å²) in [6, 6.07) is 0. The molecule has 0 aliphatic carbocycles. The van der Waals surface area contributed by atoms with E-state index in [-0.39, 0.29) is 5.56 Å². The fraction of sp³-hybridized carbons (Fsp3) is 0.571. The Morgan fingerprint density at radius 2 is 1.90 bits per heavy atom. The molecule has 0 radical (unpaired) electrons. The maximum Gasteiger partial charge on any atom is 0.283 e. The summed E-state index contributed by atoms with van der Waals surface area (Å²) in [4.78, 5) is 25.1. The average Bonchev–Trinajstić information content (AvgIpc) is 2.47. The third-order valence-electron chi connectivity index (χ3n) is 3.14. The molecule has 2 rings (SSSR count). The molecule has 20 heavy (non-hydrogen) atoms. The molecular weight excluding hydrogens is 254 g/mol. The molecule has 0 spiro atoms.